The smallest absolute Gasteiger partial charge is 0.305 e. The van der Waals surface area contributed by atoms with Gasteiger partial charge in [-0.15, -0.1) is 0 Å². The molecule has 0 heterocycles. The summed E-state index contributed by atoms with van der Waals surface area (Å²) in [5, 5.41) is 0. The van der Waals surface area contributed by atoms with Crippen LogP contribution in [0.15, 0.2) is 0 Å². The molecule has 0 atom stereocenters. The van der Waals surface area contributed by atoms with Crippen molar-refractivity contribution in [3.8, 4) is 0 Å². The Kier molecular flexibility index (Phi) is 47.1. The van der Waals surface area contributed by atoms with Crippen LogP contribution in [0.5, 0.6) is 0 Å². The first-order chi connectivity index (χ1) is 25.8. The van der Waals surface area contributed by atoms with E-state index in [0.29, 0.717) is 158 Å². The molecule has 0 saturated heterocycles. The fourth-order valence-corrected chi connectivity index (χ4v) is 4.31. The van der Waals surface area contributed by atoms with Gasteiger partial charge in [-0.3, -0.25) is 4.79 Å². The monoisotopic (exact) mass is 757 g/mol. The van der Waals surface area contributed by atoms with E-state index in [2.05, 4.69) is 13.8 Å². The number of ether oxygens (including phenoxy) is 13. The summed E-state index contributed by atoms with van der Waals surface area (Å²) in [6, 6.07) is 0. The van der Waals surface area contributed by atoms with Crippen LogP contribution in [0.25, 0.3) is 0 Å². The van der Waals surface area contributed by atoms with E-state index in [1.807, 2.05) is 0 Å². The lowest BCUT2D eigenvalue weighted by Gasteiger charge is -2.09. The van der Waals surface area contributed by atoms with Gasteiger partial charge in [-0.05, 0) is 12.8 Å². The third-order valence-corrected chi connectivity index (χ3v) is 7.21. The minimum Gasteiger partial charge on any atom is -0.463 e. The Hall–Kier alpha value is -1.01. The molecular formula is C38H76O14. The fraction of sp³-hybridized carbons (Fsp3) is 0.974. The van der Waals surface area contributed by atoms with Crippen LogP contribution in [-0.4, -0.2) is 171 Å². The number of hydrogen-bond donors (Lipinski definition) is 0. The number of carbonyl (C=O) groups is 1. The van der Waals surface area contributed by atoms with Crippen molar-refractivity contribution in [2.75, 3.05) is 165 Å². The number of rotatable bonds is 47. The molecule has 52 heavy (non-hydrogen) atoms. The lowest BCUT2D eigenvalue weighted by molar-refractivity contribution is -0.145. The van der Waals surface area contributed by atoms with Crippen LogP contribution in [0.1, 0.15) is 78.1 Å². The summed E-state index contributed by atoms with van der Waals surface area (Å²) in [6.07, 6.45) is 11.0. The maximum absolute atomic E-state index is 11.6. The first-order valence-corrected chi connectivity index (χ1v) is 19.9. The number of esters is 1. The average molecular weight is 757 g/mol. The summed E-state index contributed by atoms with van der Waals surface area (Å²) in [6.45, 7) is 17.3. The molecule has 0 amide bonds. The minimum atomic E-state index is -0.152. The summed E-state index contributed by atoms with van der Waals surface area (Å²) >= 11 is 0. The van der Waals surface area contributed by atoms with Crippen LogP contribution in [0, 0.1) is 0 Å². The van der Waals surface area contributed by atoms with Crippen molar-refractivity contribution in [2.45, 2.75) is 78.1 Å². The Morgan fingerprint density at radius 2 is 0.500 bits per heavy atom. The van der Waals surface area contributed by atoms with Gasteiger partial charge in [-0.2, -0.15) is 0 Å². The molecule has 14 nitrogen and oxygen atoms in total. The summed E-state index contributed by atoms with van der Waals surface area (Å²) in [5.74, 6) is -0.152. The zero-order valence-electron chi connectivity index (χ0n) is 33.0. The molecule has 0 aromatic heterocycles. The third-order valence-electron chi connectivity index (χ3n) is 7.21. The highest BCUT2D eigenvalue weighted by Gasteiger charge is 2.02. The van der Waals surface area contributed by atoms with E-state index in [9.17, 15) is 4.79 Å². The van der Waals surface area contributed by atoms with Gasteiger partial charge in [0.25, 0.3) is 0 Å². The Morgan fingerprint density at radius 1 is 0.269 bits per heavy atom. The third kappa shape index (κ3) is 47.0. The molecule has 0 radical (unpaired) electrons. The molecule has 0 rings (SSSR count). The van der Waals surface area contributed by atoms with Gasteiger partial charge < -0.3 is 61.6 Å². The van der Waals surface area contributed by atoms with E-state index in [1.165, 1.54) is 25.7 Å². The fourth-order valence-electron chi connectivity index (χ4n) is 4.31. The normalized spacial score (nSPS) is 11.5. The molecule has 0 aliphatic heterocycles. The van der Waals surface area contributed by atoms with Crippen molar-refractivity contribution in [2.24, 2.45) is 0 Å². The lowest BCUT2D eigenvalue weighted by Crippen LogP contribution is -2.15. The Balaban J connectivity index is 3.08. The molecule has 0 aromatic carbocycles. The molecule has 0 unspecified atom stereocenters. The molecule has 0 aliphatic rings. The first-order valence-electron chi connectivity index (χ1n) is 19.9. The highest BCUT2D eigenvalue weighted by molar-refractivity contribution is 5.69. The van der Waals surface area contributed by atoms with Crippen LogP contribution in [0.4, 0.5) is 0 Å². The molecule has 14 heteroatoms. The standard InChI is InChI=1S/C38H76O14/c1-3-5-7-9-11-13-40-14-15-41-16-17-42-18-19-43-20-21-44-22-23-45-24-25-46-26-27-47-28-29-48-30-31-49-32-33-50-34-35-51-36-37-52-38(39)12-10-8-6-4-2/h3-37H2,1-2H3. The highest BCUT2D eigenvalue weighted by atomic mass is 16.6. The topological polar surface area (TPSA) is 137 Å². The number of hydrogen-bond acceptors (Lipinski definition) is 14. The van der Waals surface area contributed by atoms with Crippen molar-refractivity contribution in [1.29, 1.82) is 0 Å². The maximum Gasteiger partial charge on any atom is 0.305 e. The molecule has 0 saturated carbocycles. The Labute approximate surface area is 315 Å². The van der Waals surface area contributed by atoms with E-state index < -0.39 is 0 Å². The number of carbonyl (C=O) groups excluding carboxylic acids is 1. The summed E-state index contributed by atoms with van der Waals surface area (Å²) < 4.78 is 71.0. The number of unbranched alkanes of at least 4 members (excludes halogenated alkanes) is 7. The van der Waals surface area contributed by atoms with Crippen molar-refractivity contribution >= 4 is 5.97 Å². The van der Waals surface area contributed by atoms with E-state index in [4.69, 9.17) is 61.6 Å². The van der Waals surface area contributed by atoms with Crippen molar-refractivity contribution in [3.05, 3.63) is 0 Å². The Morgan fingerprint density at radius 3 is 0.788 bits per heavy atom. The second kappa shape index (κ2) is 48.0. The predicted molar refractivity (Wildman–Crippen MR) is 198 cm³/mol. The van der Waals surface area contributed by atoms with Crippen molar-refractivity contribution < 1.29 is 66.4 Å². The lowest BCUT2D eigenvalue weighted by atomic mass is 10.2. The van der Waals surface area contributed by atoms with Crippen LogP contribution >= 0.6 is 0 Å². The van der Waals surface area contributed by atoms with Crippen molar-refractivity contribution in [3.63, 3.8) is 0 Å². The second-order valence-corrected chi connectivity index (χ2v) is 11.8. The van der Waals surface area contributed by atoms with Crippen molar-refractivity contribution in [1.82, 2.24) is 0 Å². The second-order valence-electron chi connectivity index (χ2n) is 11.8. The molecule has 0 aliphatic carbocycles. The van der Waals surface area contributed by atoms with Gasteiger partial charge in [0.15, 0.2) is 0 Å². The zero-order valence-corrected chi connectivity index (χ0v) is 33.0. The molecular weight excluding hydrogens is 680 g/mol. The van der Waals surface area contributed by atoms with Gasteiger partial charge in [0, 0.05) is 13.0 Å². The molecule has 0 fully saturated rings. The molecule has 312 valence electrons. The summed E-state index contributed by atoms with van der Waals surface area (Å²) in [7, 11) is 0. The van der Waals surface area contributed by atoms with Gasteiger partial charge in [0.05, 0.1) is 152 Å². The quantitative estimate of drug-likeness (QED) is 0.0628. The maximum atomic E-state index is 11.6. The van der Waals surface area contributed by atoms with Crippen LogP contribution in [-0.2, 0) is 66.4 Å². The summed E-state index contributed by atoms with van der Waals surface area (Å²) in [5.41, 5.74) is 0. The SMILES string of the molecule is CCCCCCCOCCOCCOCCOCCOCCOCCOCCOCCOCCOCCOCCOCCOC(=O)CCCCCC. The van der Waals surface area contributed by atoms with E-state index in [0.717, 1.165) is 38.7 Å². The van der Waals surface area contributed by atoms with Crippen LogP contribution in [0.2, 0.25) is 0 Å². The van der Waals surface area contributed by atoms with Gasteiger partial charge in [-0.25, -0.2) is 0 Å². The molecule has 0 spiro atoms. The largest absolute Gasteiger partial charge is 0.463 e. The predicted octanol–water partition coefficient (Wildman–Crippen LogP) is 4.67. The highest BCUT2D eigenvalue weighted by Crippen LogP contribution is 2.04. The molecule has 0 bridgehead atoms. The van der Waals surface area contributed by atoms with Gasteiger partial charge >= 0.3 is 5.97 Å². The van der Waals surface area contributed by atoms with E-state index >= 15 is 0 Å². The van der Waals surface area contributed by atoms with Gasteiger partial charge in [0.2, 0.25) is 0 Å². The summed E-state index contributed by atoms with van der Waals surface area (Å²) in [4.78, 5) is 11.6. The van der Waals surface area contributed by atoms with Gasteiger partial charge in [0.1, 0.15) is 6.61 Å². The van der Waals surface area contributed by atoms with Gasteiger partial charge in [-0.1, -0.05) is 58.8 Å². The Bertz CT molecular complexity index is 661. The van der Waals surface area contributed by atoms with Crippen LogP contribution in [0.3, 0.4) is 0 Å². The zero-order chi connectivity index (χ0) is 37.5. The van der Waals surface area contributed by atoms with E-state index in [1.54, 1.807) is 0 Å². The first kappa shape index (κ1) is 51.0. The average Bonchev–Trinajstić information content (AvgIpc) is 3.15. The minimum absolute atomic E-state index is 0.152. The van der Waals surface area contributed by atoms with Crippen LogP contribution < -0.4 is 0 Å². The molecule has 0 N–H and O–H groups in total. The van der Waals surface area contributed by atoms with E-state index in [-0.39, 0.29) is 12.6 Å². The molecule has 0 aromatic rings.